The molecule has 2 aliphatic rings. The van der Waals surface area contributed by atoms with E-state index in [0.717, 1.165) is 30.3 Å². The second-order valence-electron chi connectivity index (χ2n) is 5.97. The third kappa shape index (κ3) is 3.95. The molecule has 2 heterocycles. The molecule has 0 aliphatic carbocycles. The van der Waals surface area contributed by atoms with Gasteiger partial charge in [0.2, 0.25) is 5.91 Å². The monoisotopic (exact) mass is 337 g/mol. The first-order valence-electron chi connectivity index (χ1n) is 8.03. The largest absolute Gasteiger partial charge is 0.368 e. The second kappa shape index (κ2) is 7.19. The average Bonchev–Trinajstić information content (AvgIpc) is 2.58. The number of hydrogen-bond donors (Lipinski definition) is 2. The molecule has 0 radical (unpaired) electrons. The molecule has 2 fully saturated rings. The van der Waals surface area contributed by atoms with Crippen LogP contribution >= 0.6 is 11.6 Å². The van der Waals surface area contributed by atoms with E-state index in [2.05, 4.69) is 10.2 Å². The number of anilines is 1. The number of carbonyl (C=O) groups excluding carboxylic acids is 2. The van der Waals surface area contributed by atoms with Gasteiger partial charge in [-0.2, -0.15) is 0 Å². The van der Waals surface area contributed by atoms with Gasteiger partial charge in [-0.05, 0) is 24.3 Å². The molecule has 1 aromatic rings. The standard InChI is InChI=1S/C16H21ClN4O2/c17-12-1-3-13(4-2-12)20-7-9-21(10-8-20)15(22)11-14-16(23)19-6-5-18-14/h1-4,14,18H,5-11H2,(H,19,23)/p+1/t14-/m1/s1. The van der Waals surface area contributed by atoms with Crippen LogP contribution in [0.1, 0.15) is 6.42 Å². The van der Waals surface area contributed by atoms with Crippen molar-refractivity contribution in [3.63, 3.8) is 0 Å². The Labute approximate surface area is 140 Å². The molecule has 0 saturated carbocycles. The SMILES string of the molecule is O=C1NCC[NH2+][C@@H]1CC(=O)N1CCN(c2ccc(Cl)cc2)CC1. The van der Waals surface area contributed by atoms with Crippen LogP contribution in [0, 0.1) is 0 Å². The van der Waals surface area contributed by atoms with Crippen molar-refractivity contribution >= 4 is 29.1 Å². The van der Waals surface area contributed by atoms with E-state index in [1.165, 1.54) is 0 Å². The lowest BCUT2D eigenvalue weighted by Crippen LogP contribution is -2.96. The van der Waals surface area contributed by atoms with Crippen LogP contribution < -0.4 is 15.5 Å². The minimum atomic E-state index is -0.273. The van der Waals surface area contributed by atoms with Crippen LogP contribution in [0.4, 0.5) is 5.69 Å². The summed E-state index contributed by atoms with van der Waals surface area (Å²) in [5, 5.41) is 5.50. The number of nitrogens with two attached hydrogens (primary N) is 1. The maximum absolute atomic E-state index is 12.4. The normalized spacial score (nSPS) is 22.0. The molecule has 2 amide bonds. The van der Waals surface area contributed by atoms with E-state index in [9.17, 15) is 9.59 Å². The lowest BCUT2D eigenvalue weighted by Gasteiger charge is -2.36. The van der Waals surface area contributed by atoms with E-state index in [1.54, 1.807) is 0 Å². The zero-order valence-corrected chi connectivity index (χ0v) is 13.8. The first-order chi connectivity index (χ1) is 11.1. The highest BCUT2D eigenvalue weighted by Gasteiger charge is 2.31. The average molecular weight is 338 g/mol. The fourth-order valence-corrected chi connectivity index (χ4v) is 3.20. The Hall–Kier alpha value is -1.79. The molecule has 7 heteroatoms. The molecule has 3 N–H and O–H groups in total. The highest BCUT2D eigenvalue weighted by molar-refractivity contribution is 6.30. The van der Waals surface area contributed by atoms with Gasteiger partial charge in [-0.1, -0.05) is 11.6 Å². The van der Waals surface area contributed by atoms with Crippen LogP contribution in [0.5, 0.6) is 0 Å². The first kappa shape index (κ1) is 16.1. The third-order valence-corrected chi connectivity index (χ3v) is 4.70. The molecule has 2 saturated heterocycles. The van der Waals surface area contributed by atoms with E-state index in [1.807, 2.05) is 34.5 Å². The maximum Gasteiger partial charge on any atom is 0.278 e. The van der Waals surface area contributed by atoms with E-state index >= 15 is 0 Å². The number of amides is 2. The zero-order chi connectivity index (χ0) is 16.2. The van der Waals surface area contributed by atoms with Gasteiger partial charge in [-0.15, -0.1) is 0 Å². The van der Waals surface area contributed by atoms with Gasteiger partial charge in [0.15, 0.2) is 6.04 Å². The van der Waals surface area contributed by atoms with E-state index in [0.29, 0.717) is 19.6 Å². The van der Waals surface area contributed by atoms with Crippen molar-refractivity contribution in [1.82, 2.24) is 10.2 Å². The predicted molar refractivity (Wildman–Crippen MR) is 88.5 cm³/mol. The van der Waals surface area contributed by atoms with Crippen LogP contribution in [0.3, 0.4) is 0 Å². The molecule has 2 aliphatic heterocycles. The Morgan fingerprint density at radius 3 is 2.57 bits per heavy atom. The summed E-state index contributed by atoms with van der Waals surface area (Å²) in [5.41, 5.74) is 1.13. The van der Waals surface area contributed by atoms with Gasteiger partial charge in [0.1, 0.15) is 0 Å². The van der Waals surface area contributed by atoms with Gasteiger partial charge in [-0.3, -0.25) is 9.59 Å². The van der Waals surface area contributed by atoms with Gasteiger partial charge >= 0.3 is 0 Å². The first-order valence-corrected chi connectivity index (χ1v) is 8.40. The smallest absolute Gasteiger partial charge is 0.278 e. The number of nitrogens with one attached hydrogen (secondary N) is 1. The summed E-state index contributed by atoms with van der Waals surface area (Å²) in [5.74, 6) is 0.0449. The molecule has 0 bridgehead atoms. The zero-order valence-electron chi connectivity index (χ0n) is 13.0. The van der Waals surface area contributed by atoms with Crippen molar-refractivity contribution in [2.45, 2.75) is 12.5 Å². The molecule has 0 spiro atoms. The number of carbonyl (C=O) groups is 2. The summed E-state index contributed by atoms with van der Waals surface area (Å²) in [6.45, 7) is 4.50. The molecule has 0 unspecified atom stereocenters. The van der Waals surface area contributed by atoms with Gasteiger partial charge in [-0.25, -0.2) is 0 Å². The van der Waals surface area contributed by atoms with Gasteiger partial charge in [0.25, 0.3) is 5.91 Å². The minimum absolute atomic E-state index is 0.0237. The van der Waals surface area contributed by atoms with Crippen LogP contribution in [-0.2, 0) is 9.59 Å². The number of piperazine rings is 2. The summed E-state index contributed by atoms with van der Waals surface area (Å²) in [6.07, 6.45) is 0.285. The summed E-state index contributed by atoms with van der Waals surface area (Å²) in [6, 6.07) is 7.49. The van der Waals surface area contributed by atoms with Crippen molar-refractivity contribution < 1.29 is 14.9 Å². The van der Waals surface area contributed by atoms with E-state index in [4.69, 9.17) is 11.6 Å². The number of halogens is 1. The van der Waals surface area contributed by atoms with Crippen LogP contribution in [-0.4, -0.2) is 62.0 Å². The van der Waals surface area contributed by atoms with Gasteiger partial charge in [0, 0.05) is 36.9 Å². The third-order valence-electron chi connectivity index (χ3n) is 4.45. The molecule has 1 aromatic carbocycles. The fourth-order valence-electron chi connectivity index (χ4n) is 3.08. The topological polar surface area (TPSA) is 69.3 Å². The number of benzene rings is 1. The highest BCUT2D eigenvalue weighted by atomic mass is 35.5. The maximum atomic E-state index is 12.4. The van der Waals surface area contributed by atoms with Crippen molar-refractivity contribution in [3.05, 3.63) is 29.3 Å². The molecular formula is C16H22ClN4O2+. The highest BCUT2D eigenvalue weighted by Crippen LogP contribution is 2.19. The fraction of sp³-hybridized carbons (Fsp3) is 0.500. The molecular weight excluding hydrogens is 316 g/mol. The number of rotatable bonds is 3. The van der Waals surface area contributed by atoms with Crippen molar-refractivity contribution in [1.29, 1.82) is 0 Å². The quantitative estimate of drug-likeness (QED) is 0.777. The van der Waals surface area contributed by atoms with Gasteiger partial charge in [0.05, 0.1) is 19.5 Å². The molecule has 23 heavy (non-hydrogen) atoms. The van der Waals surface area contributed by atoms with Crippen LogP contribution in [0.2, 0.25) is 5.02 Å². The number of quaternary nitrogens is 1. The Balaban J connectivity index is 1.51. The molecule has 6 nitrogen and oxygen atoms in total. The summed E-state index contributed by atoms with van der Waals surface area (Å²) in [4.78, 5) is 28.2. The Morgan fingerprint density at radius 2 is 1.91 bits per heavy atom. The molecule has 124 valence electrons. The van der Waals surface area contributed by atoms with Crippen LogP contribution in [0.25, 0.3) is 0 Å². The van der Waals surface area contributed by atoms with E-state index in [-0.39, 0.29) is 24.3 Å². The van der Waals surface area contributed by atoms with Crippen molar-refractivity contribution in [3.8, 4) is 0 Å². The summed E-state index contributed by atoms with van der Waals surface area (Å²) in [7, 11) is 0. The van der Waals surface area contributed by atoms with E-state index < -0.39 is 0 Å². The second-order valence-corrected chi connectivity index (χ2v) is 6.41. The van der Waals surface area contributed by atoms with Crippen molar-refractivity contribution in [2.75, 3.05) is 44.2 Å². The lowest BCUT2D eigenvalue weighted by atomic mass is 10.1. The Bertz CT molecular complexity index is 570. The van der Waals surface area contributed by atoms with Gasteiger partial charge < -0.3 is 20.4 Å². The number of nitrogens with zero attached hydrogens (tertiary/aromatic N) is 2. The minimum Gasteiger partial charge on any atom is -0.368 e. The summed E-state index contributed by atoms with van der Waals surface area (Å²) < 4.78 is 0. The number of hydrogen-bond acceptors (Lipinski definition) is 3. The molecule has 0 aromatic heterocycles. The molecule has 1 atom stereocenters. The Morgan fingerprint density at radius 1 is 1.22 bits per heavy atom. The van der Waals surface area contributed by atoms with Crippen LogP contribution in [0.15, 0.2) is 24.3 Å². The lowest BCUT2D eigenvalue weighted by molar-refractivity contribution is -0.678. The molecule has 3 rings (SSSR count). The Kier molecular flexibility index (Phi) is 5.03. The van der Waals surface area contributed by atoms with Crippen molar-refractivity contribution in [2.24, 2.45) is 0 Å². The predicted octanol–water partition coefficient (Wildman–Crippen LogP) is -0.559. The summed E-state index contributed by atoms with van der Waals surface area (Å²) >= 11 is 5.91.